The highest BCUT2D eigenvalue weighted by Crippen LogP contribution is 2.12. The van der Waals surface area contributed by atoms with Crippen LogP contribution in [0.1, 0.15) is 20.8 Å². The third-order valence-corrected chi connectivity index (χ3v) is 2.57. The predicted octanol–water partition coefficient (Wildman–Crippen LogP) is 1.86. The first-order valence-corrected chi connectivity index (χ1v) is 6.31. The number of carbonyl (C=O) groups excluding carboxylic acids is 1. The molecule has 0 heterocycles. The molecule has 0 saturated heterocycles. The van der Waals surface area contributed by atoms with Crippen molar-refractivity contribution in [2.45, 2.75) is 26.4 Å². The van der Waals surface area contributed by atoms with E-state index in [-0.39, 0.29) is 18.1 Å². The van der Waals surface area contributed by atoms with Crippen molar-refractivity contribution >= 4 is 11.6 Å². The van der Waals surface area contributed by atoms with E-state index in [9.17, 15) is 14.3 Å². The maximum Gasteiger partial charge on any atom is 0.238 e. The van der Waals surface area contributed by atoms with Gasteiger partial charge in [0.25, 0.3) is 0 Å². The highest BCUT2D eigenvalue weighted by atomic mass is 19.1. The summed E-state index contributed by atoms with van der Waals surface area (Å²) in [5, 5.41) is 12.3. The largest absolute Gasteiger partial charge is 0.389 e. The van der Waals surface area contributed by atoms with Crippen LogP contribution in [0.25, 0.3) is 0 Å². The van der Waals surface area contributed by atoms with E-state index in [1.165, 1.54) is 12.1 Å². The van der Waals surface area contributed by atoms with Crippen LogP contribution in [-0.2, 0) is 4.79 Å². The second kappa shape index (κ2) is 6.63. The Labute approximate surface area is 113 Å². The van der Waals surface area contributed by atoms with Gasteiger partial charge in [-0.1, -0.05) is 19.1 Å². The van der Waals surface area contributed by atoms with E-state index >= 15 is 0 Å². The number of carbonyl (C=O) groups is 1. The van der Waals surface area contributed by atoms with E-state index in [1.54, 1.807) is 30.9 Å². The summed E-state index contributed by atoms with van der Waals surface area (Å²) in [5.74, 6) is -0.752. The van der Waals surface area contributed by atoms with Gasteiger partial charge in [0.1, 0.15) is 5.82 Å². The monoisotopic (exact) mass is 268 g/mol. The lowest BCUT2D eigenvalue weighted by atomic mass is 10.1. The number of halogens is 1. The number of likely N-dealkylation sites (N-methyl/N-ethyl adjacent to an activating group) is 1. The Bertz CT molecular complexity index is 430. The Balaban J connectivity index is 2.57. The number of nitrogens with zero attached hydrogens (tertiary/aromatic N) is 1. The molecule has 1 rings (SSSR count). The van der Waals surface area contributed by atoms with Crippen LogP contribution in [-0.4, -0.2) is 41.1 Å². The fourth-order valence-corrected chi connectivity index (χ4v) is 1.78. The summed E-state index contributed by atoms with van der Waals surface area (Å²) in [6.07, 6.45) is 0. The Kier molecular flexibility index (Phi) is 5.44. The lowest BCUT2D eigenvalue weighted by Crippen LogP contribution is -2.42. The molecule has 106 valence electrons. The molecule has 0 spiro atoms. The summed E-state index contributed by atoms with van der Waals surface area (Å²) in [6, 6.07) is 6.04. The third kappa shape index (κ3) is 5.81. The number of aliphatic hydroxyl groups is 1. The molecule has 2 N–H and O–H groups in total. The highest BCUT2D eigenvalue weighted by Gasteiger charge is 2.19. The number of para-hydroxylation sites is 1. The average molecular weight is 268 g/mol. The summed E-state index contributed by atoms with van der Waals surface area (Å²) < 4.78 is 13.4. The molecule has 0 radical (unpaired) electrons. The second-order valence-corrected chi connectivity index (χ2v) is 5.14. The van der Waals surface area contributed by atoms with E-state index in [0.717, 1.165) is 0 Å². The van der Waals surface area contributed by atoms with Crippen LogP contribution in [0.15, 0.2) is 24.3 Å². The van der Waals surface area contributed by atoms with Crippen LogP contribution in [0.3, 0.4) is 0 Å². The molecule has 1 aromatic carbocycles. The van der Waals surface area contributed by atoms with Gasteiger partial charge in [0.2, 0.25) is 5.91 Å². The van der Waals surface area contributed by atoms with Crippen LogP contribution < -0.4 is 5.32 Å². The quantitative estimate of drug-likeness (QED) is 0.828. The number of hydrogen-bond acceptors (Lipinski definition) is 3. The van der Waals surface area contributed by atoms with E-state index < -0.39 is 11.4 Å². The van der Waals surface area contributed by atoms with Crippen molar-refractivity contribution in [3.63, 3.8) is 0 Å². The maximum absolute atomic E-state index is 13.4. The van der Waals surface area contributed by atoms with E-state index in [4.69, 9.17) is 0 Å². The van der Waals surface area contributed by atoms with Crippen molar-refractivity contribution in [3.05, 3.63) is 30.1 Å². The molecule has 1 amide bonds. The van der Waals surface area contributed by atoms with Gasteiger partial charge in [-0.2, -0.15) is 0 Å². The summed E-state index contributed by atoms with van der Waals surface area (Å²) in [7, 11) is 0. The van der Waals surface area contributed by atoms with E-state index in [0.29, 0.717) is 13.1 Å². The SMILES string of the molecule is CCN(CC(=O)Nc1ccccc1F)CC(C)(C)O. The fourth-order valence-electron chi connectivity index (χ4n) is 1.78. The first-order valence-electron chi connectivity index (χ1n) is 6.31. The summed E-state index contributed by atoms with van der Waals surface area (Å²) in [5.41, 5.74) is -0.694. The predicted molar refractivity (Wildman–Crippen MR) is 73.4 cm³/mol. The number of anilines is 1. The minimum atomic E-state index is -0.867. The first kappa shape index (κ1) is 15.6. The molecule has 0 bridgehead atoms. The number of hydrogen-bond donors (Lipinski definition) is 2. The molecule has 0 aliphatic rings. The van der Waals surface area contributed by atoms with Crippen molar-refractivity contribution in [1.82, 2.24) is 4.90 Å². The van der Waals surface area contributed by atoms with Crippen LogP contribution >= 0.6 is 0 Å². The van der Waals surface area contributed by atoms with Crippen molar-refractivity contribution in [3.8, 4) is 0 Å². The summed E-state index contributed by atoms with van der Waals surface area (Å²) in [4.78, 5) is 13.6. The molecule has 19 heavy (non-hydrogen) atoms. The summed E-state index contributed by atoms with van der Waals surface area (Å²) >= 11 is 0. The number of rotatable bonds is 6. The zero-order chi connectivity index (χ0) is 14.5. The second-order valence-electron chi connectivity index (χ2n) is 5.14. The van der Waals surface area contributed by atoms with Gasteiger partial charge in [-0.15, -0.1) is 0 Å². The molecule has 0 aliphatic carbocycles. The standard InChI is InChI=1S/C14H21FN2O2/c1-4-17(10-14(2,3)19)9-13(18)16-12-8-6-5-7-11(12)15/h5-8,19H,4,9-10H2,1-3H3,(H,16,18). The van der Waals surface area contributed by atoms with Crippen LogP contribution in [0.2, 0.25) is 0 Å². The molecule has 4 nitrogen and oxygen atoms in total. The van der Waals surface area contributed by atoms with Gasteiger partial charge >= 0.3 is 0 Å². The van der Waals surface area contributed by atoms with Crippen molar-refractivity contribution in [1.29, 1.82) is 0 Å². The first-order chi connectivity index (χ1) is 8.81. The van der Waals surface area contributed by atoms with Gasteiger partial charge in [0.05, 0.1) is 17.8 Å². The molecule has 0 saturated carbocycles. The Hall–Kier alpha value is -1.46. The Morgan fingerprint density at radius 1 is 1.42 bits per heavy atom. The molecule has 0 atom stereocenters. The number of benzene rings is 1. The molecule has 0 fully saturated rings. The average Bonchev–Trinajstić information content (AvgIpc) is 2.29. The molecule has 0 aliphatic heterocycles. The van der Waals surface area contributed by atoms with Crippen LogP contribution in [0.5, 0.6) is 0 Å². The lowest BCUT2D eigenvalue weighted by Gasteiger charge is -2.27. The normalized spacial score (nSPS) is 11.7. The molecule has 5 heteroatoms. The zero-order valence-corrected chi connectivity index (χ0v) is 11.6. The van der Waals surface area contributed by atoms with Crippen LogP contribution in [0, 0.1) is 5.82 Å². The van der Waals surface area contributed by atoms with Gasteiger partial charge in [0.15, 0.2) is 0 Å². The zero-order valence-electron chi connectivity index (χ0n) is 11.6. The maximum atomic E-state index is 13.4. The molecular weight excluding hydrogens is 247 g/mol. The minimum Gasteiger partial charge on any atom is -0.389 e. The lowest BCUT2D eigenvalue weighted by molar-refractivity contribution is -0.117. The van der Waals surface area contributed by atoms with Gasteiger partial charge in [-0.05, 0) is 32.5 Å². The van der Waals surface area contributed by atoms with Crippen molar-refractivity contribution in [2.75, 3.05) is 25.0 Å². The van der Waals surface area contributed by atoms with Gasteiger partial charge in [-0.25, -0.2) is 4.39 Å². The number of amides is 1. The van der Waals surface area contributed by atoms with Crippen LogP contribution in [0.4, 0.5) is 10.1 Å². The Morgan fingerprint density at radius 3 is 2.58 bits per heavy atom. The summed E-state index contributed by atoms with van der Waals surface area (Å²) in [6.45, 7) is 6.41. The Morgan fingerprint density at radius 2 is 2.05 bits per heavy atom. The van der Waals surface area contributed by atoms with Gasteiger partial charge < -0.3 is 10.4 Å². The van der Waals surface area contributed by atoms with Crippen molar-refractivity contribution in [2.24, 2.45) is 0 Å². The van der Waals surface area contributed by atoms with Crippen molar-refractivity contribution < 1.29 is 14.3 Å². The number of nitrogens with one attached hydrogen (secondary N) is 1. The molecule has 1 aromatic rings. The minimum absolute atomic E-state index is 0.120. The molecule has 0 aromatic heterocycles. The molecular formula is C14H21FN2O2. The highest BCUT2D eigenvalue weighted by molar-refractivity contribution is 5.92. The smallest absolute Gasteiger partial charge is 0.238 e. The third-order valence-electron chi connectivity index (χ3n) is 2.57. The topological polar surface area (TPSA) is 52.6 Å². The van der Waals surface area contributed by atoms with Gasteiger partial charge in [-0.3, -0.25) is 9.69 Å². The van der Waals surface area contributed by atoms with E-state index in [2.05, 4.69) is 5.32 Å². The van der Waals surface area contributed by atoms with Gasteiger partial charge in [0, 0.05) is 6.54 Å². The molecule has 0 unspecified atom stereocenters. The van der Waals surface area contributed by atoms with E-state index in [1.807, 2.05) is 6.92 Å². The fraction of sp³-hybridized carbons (Fsp3) is 0.500.